The molecule has 6 unspecified atom stereocenters. The number of halogens is 3. The highest BCUT2D eigenvalue weighted by Crippen LogP contribution is 2.55. The van der Waals surface area contributed by atoms with Crippen LogP contribution in [-0.2, 0) is 0 Å². The molecule has 3 aliphatic carbocycles. The van der Waals surface area contributed by atoms with Gasteiger partial charge in [0, 0.05) is 0 Å². The molecule has 3 aliphatic rings. The Morgan fingerprint density at radius 3 is 2.21 bits per heavy atom. The molecule has 0 aliphatic heterocycles. The van der Waals surface area contributed by atoms with E-state index in [-0.39, 0.29) is 5.75 Å². The summed E-state index contributed by atoms with van der Waals surface area (Å²) in [5.74, 6) is 4.77. The Bertz CT molecular complexity index is 680. The Balaban J connectivity index is 1.34. The SMILES string of the molecule is C=CCCC1CCC2C(CCC3CC(c4ccc(OC(F)(F)F)cc4)CCC32)C1. The molecular formula is C25H33F3O. The molecule has 0 aromatic heterocycles. The summed E-state index contributed by atoms with van der Waals surface area (Å²) < 4.78 is 41.1. The number of fused-ring (bicyclic) bond motifs is 3. The Kier molecular flexibility index (Phi) is 6.27. The standard InChI is InChI=1S/C25H33F3O/c1-2-3-4-17-5-13-23-20(15-17)6-7-21-16-19(10-14-24(21)23)18-8-11-22(12-9-18)29-25(26,27)28/h2,8-9,11-12,17,19-21,23-24H,1,3-7,10,13-16H2. The molecule has 0 bridgehead atoms. The molecule has 0 amide bonds. The van der Waals surface area contributed by atoms with Gasteiger partial charge in [-0.1, -0.05) is 24.6 Å². The van der Waals surface area contributed by atoms with Crippen molar-refractivity contribution in [1.82, 2.24) is 0 Å². The van der Waals surface area contributed by atoms with Gasteiger partial charge in [0.05, 0.1) is 0 Å². The molecule has 1 aromatic rings. The van der Waals surface area contributed by atoms with Gasteiger partial charge in [0.2, 0.25) is 0 Å². The molecule has 3 saturated carbocycles. The number of allylic oxidation sites excluding steroid dienone is 1. The summed E-state index contributed by atoms with van der Waals surface area (Å²) in [6, 6.07) is 6.61. The van der Waals surface area contributed by atoms with Gasteiger partial charge in [0.1, 0.15) is 5.75 Å². The maximum absolute atomic E-state index is 12.4. The van der Waals surface area contributed by atoms with Gasteiger partial charge < -0.3 is 4.74 Å². The molecule has 0 radical (unpaired) electrons. The highest BCUT2D eigenvalue weighted by Gasteiger charge is 2.44. The largest absolute Gasteiger partial charge is 0.573 e. The van der Waals surface area contributed by atoms with Crippen LogP contribution < -0.4 is 4.74 Å². The molecule has 3 fully saturated rings. The minimum Gasteiger partial charge on any atom is -0.406 e. The smallest absolute Gasteiger partial charge is 0.406 e. The molecule has 0 saturated heterocycles. The summed E-state index contributed by atoms with van der Waals surface area (Å²) in [4.78, 5) is 0. The predicted molar refractivity (Wildman–Crippen MR) is 110 cm³/mol. The first-order valence-corrected chi connectivity index (χ1v) is 11.4. The molecule has 1 nitrogen and oxygen atoms in total. The predicted octanol–water partition coefficient (Wildman–Crippen LogP) is 7.88. The topological polar surface area (TPSA) is 9.23 Å². The zero-order valence-corrected chi connectivity index (χ0v) is 17.2. The van der Waals surface area contributed by atoms with Crippen molar-refractivity contribution in [3.05, 3.63) is 42.5 Å². The number of benzene rings is 1. The van der Waals surface area contributed by atoms with Crippen LogP contribution in [-0.4, -0.2) is 6.36 Å². The van der Waals surface area contributed by atoms with E-state index in [0.29, 0.717) is 5.92 Å². The molecule has 29 heavy (non-hydrogen) atoms. The van der Waals surface area contributed by atoms with Crippen molar-refractivity contribution in [2.45, 2.75) is 76.5 Å². The van der Waals surface area contributed by atoms with E-state index in [4.69, 9.17) is 0 Å². The van der Waals surface area contributed by atoms with Crippen LogP contribution >= 0.6 is 0 Å². The highest BCUT2D eigenvalue weighted by atomic mass is 19.4. The molecule has 1 aromatic carbocycles. The lowest BCUT2D eigenvalue weighted by Gasteiger charge is -2.51. The number of hydrogen-bond donors (Lipinski definition) is 0. The van der Waals surface area contributed by atoms with Crippen LogP contribution in [0.3, 0.4) is 0 Å². The third-order valence-electron chi connectivity index (χ3n) is 8.01. The van der Waals surface area contributed by atoms with Crippen molar-refractivity contribution >= 4 is 0 Å². The normalized spacial score (nSPS) is 34.7. The number of ether oxygens (including phenoxy) is 1. The van der Waals surface area contributed by atoms with Crippen molar-refractivity contribution in [1.29, 1.82) is 0 Å². The van der Waals surface area contributed by atoms with E-state index in [1.54, 1.807) is 0 Å². The molecule has 0 N–H and O–H groups in total. The summed E-state index contributed by atoms with van der Waals surface area (Å²) >= 11 is 0. The summed E-state index contributed by atoms with van der Waals surface area (Å²) in [5.41, 5.74) is 1.17. The first-order chi connectivity index (χ1) is 13.9. The fourth-order valence-corrected chi connectivity index (χ4v) is 6.75. The fourth-order valence-electron chi connectivity index (χ4n) is 6.75. The van der Waals surface area contributed by atoms with Gasteiger partial charge in [-0.3, -0.25) is 0 Å². The lowest BCUT2D eigenvalue weighted by Crippen LogP contribution is -2.41. The van der Waals surface area contributed by atoms with E-state index in [0.717, 1.165) is 36.0 Å². The van der Waals surface area contributed by atoms with Crippen LogP contribution in [0, 0.1) is 29.6 Å². The summed E-state index contributed by atoms with van der Waals surface area (Å²) in [5, 5.41) is 0. The minimum absolute atomic E-state index is 0.122. The summed E-state index contributed by atoms with van der Waals surface area (Å²) in [7, 11) is 0. The summed E-state index contributed by atoms with van der Waals surface area (Å²) in [6.45, 7) is 3.88. The van der Waals surface area contributed by atoms with E-state index in [1.165, 1.54) is 75.5 Å². The second kappa shape index (κ2) is 8.73. The zero-order chi connectivity index (χ0) is 20.4. The molecule has 6 atom stereocenters. The lowest BCUT2D eigenvalue weighted by molar-refractivity contribution is -0.274. The Morgan fingerprint density at radius 2 is 1.55 bits per heavy atom. The van der Waals surface area contributed by atoms with Crippen LogP contribution in [0.25, 0.3) is 0 Å². The lowest BCUT2D eigenvalue weighted by atomic mass is 9.55. The number of rotatable bonds is 5. The van der Waals surface area contributed by atoms with E-state index in [1.807, 2.05) is 12.1 Å². The van der Waals surface area contributed by atoms with Crippen molar-refractivity contribution in [2.24, 2.45) is 29.6 Å². The van der Waals surface area contributed by atoms with Gasteiger partial charge in [0.15, 0.2) is 0 Å². The minimum atomic E-state index is -4.62. The van der Waals surface area contributed by atoms with Crippen molar-refractivity contribution in [2.75, 3.05) is 0 Å². The highest BCUT2D eigenvalue weighted by molar-refractivity contribution is 5.30. The molecule has 4 rings (SSSR count). The van der Waals surface area contributed by atoms with E-state index in [2.05, 4.69) is 17.4 Å². The Hall–Kier alpha value is -1.45. The zero-order valence-electron chi connectivity index (χ0n) is 17.2. The van der Waals surface area contributed by atoms with Crippen LogP contribution in [0.4, 0.5) is 13.2 Å². The Labute approximate surface area is 172 Å². The molecule has 160 valence electrons. The van der Waals surface area contributed by atoms with Gasteiger partial charge in [-0.25, -0.2) is 0 Å². The quantitative estimate of drug-likeness (QED) is 0.452. The van der Waals surface area contributed by atoms with E-state index in [9.17, 15) is 13.2 Å². The fraction of sp³-hybridized carbons (Fsp3) is 0.680. The summed E-state index contributed by atoms with van der Waals surface area (Å²) in [6.07, 6.45) is 10.5. The van der Waals surface area contributed by atoms with Gasteiger partial charge in [-0.05, 0) is 111 Å². The van der Waals surface area contributed by atoms with Gasteiger partial charge >= 0.3 is 6.36 Å². The van der Waals surface area contributed by atoms with E-state index < -0.39 is 6.36 Å². The molecule has 0 heterocycles. The average Bonchev–Trinajstić information content (AvgIpc) is 2.71. The second-order valence-corrected chi connectivity index (χ2v) is 9.60. The van der Waals surface area contributed by atoms with Crippen LogP contribution in [0.15, 0.2) is 36.9 Å². The number of alkyl halides is 3. The first-order valence-electron chi connectivity index (χ1n) is 11.4. The third-order valence-corrected chi connectivity index (χ3v) is 8.01. The maximum Gasteiger partial charge on any atom is 0.573 e. The Morgan fingerprint density at radius 1 is 0.897 bits per heavy atom. The molecule has 4 heteroatoms. The monoisotopic (exact) mass is 406 g/mol. The second-order valence-electron chi connectivity index (χ2n) is 9.60. The average molecular weight is 407 g/mol. The van der Waals surface area contributed by atoms with Crippen LogP contribution in [0.2, 0.25) is 0 Å². The van der Waals surface area contributed by atoms with Crippen molar-refractivity contribution in [3.63, 3.8) is 0 Å². The number of hydrogen-bond acceptors (Lipinski definition) is 1. The van der Waals surface area contributed by atoms with Gasteiger partial charge in [-0.15, -0.1) is 19.8 Å². The third kappa shape index (κ3) is 5.00. The molecular weight excluding hydrogens is 373 g/mol. The van der Waals surface area contributed by atoms with E-state index >= 15 is 0 Å². The maximum atomic E-state index is 12.4. The van der Waals surface area contributed by atoms with Crippen LogP contribution in [0.1, 0.15) is 75.7 Å². The van der Waals surface area contributed by atoms with Crippen LogP contribution in [0.5, 0.6) is 5.75 Å². The molecule has 0 spiro atoms. The van der Waals surface area contributed by atoms with Gasteiger partial charge in [-0.2, -0.15) is 0 Å². The van der Waals surface area contributed by atoms with Crippen molar-refractivity contribution in [3.8, 4) is 5.75 Å². The first kappa shape index (κ1) is 20.8. The van der Waals surface area contributed by atoms with Gasteiger partial charge in [0.25, 0.3) is 0 Å². The van der Waals surface area contributed by atoms with Crippen molar-refractivity contribution < 1.29 is 17.9 Å².